The van der Waals surface area contributed by atoms with Gasteiger partial charge < -0.3 is 25.2 Å². The molecule has 0 spiro atoms. The third-order valence-electron chi connectivity index (χ3n) is 19.4. The van der Waals surface area contributed by atoms with E-state index in [0.717, 1.165) is 224 Å². The number of unbranched alkanes of at least 4 members (excludes halogenated alkanes) is 29. The second kappa shape index (κ2) is 77.9. The van der Waals surface area contributed by atoms with Crippen LogP contribution in [0.5, 0.6) is 0 Å². The third-order valence-corrected chi connectivity index (χ3v) is 21.8. The van der Waals surface area contributed by atoms with Gasteiger partial charge >= 0.3 is 5.97 Å². The number of piperazine rings is 1. The summed E-state index contributed by atoms with van der Waals surface area (Å²) in [6.45, 7) is 19.3. The summed E-state index contributed by atoms with van der Waals surface area (Å²) in [5.74, 6) is 2.03. The summed E-state index contributed by atoms with van der Waals surface area (Å²) in [4.78, 5) is 22.5. The predicted octanol–water partition coefficient (Wildman–Crippen LogP) is 22.8. The van der Waals surface area contributed by atoms with E-state index in [1.165, 1.54) is 141 Å². The lowest BCUT2D eigenvalue weighted by molar-refractivity contribution is -0.144. The van der Waals surface area contributed by atoms with Gasteiger partial charge in [0.05, 0.1) is 24.4 Å². The van der Waals surface area contributed by atoms with Crippen LogP contribution in [0.25, 0.3) is 0 Å². The lowest BCUT2D eigenvalue weighted by Gasteiger charge is -2.34. The van der Waals surface area contributed by atoms with E-state index in [-0.39, 0.29) is 18.2 Å². The predicted molar refractivity (Wildman–Crippen MR) is 443 cm³/mol. The number of nitrogens with zero attached hydrogens (tertiary/aromatic N) is 4. The fourth-order valence-electron chi connectivity index (χ4n) is 13.1. The number of rotatable bonds is 76. The summed E-state index contributed by atoms with van der Waals surface area (Å²) < 4.78 is 5.77. The van der Waals surface area contributed by atoms with Crippen LogP contribution in [0.4, 0.5) is 0 Å². The molecule has 0 aromatic rings. The van der Waals surface area contributed by atoms with E-state index in [9.17, 15) is 25.2 Å². The minimum atomic E-state index is -0.406. The highest BCUT2D eigenvalue weighted by Crippen LogP contribution is 2.23. The smallest absolute Gasteiger partial charge is 0.305 e. The molecular weight excluding hydrogens is 1270 g/mol. The first kappa shape index (κ1) is 95.8. The Hall–Kier alpha value is -2.23. The summed E-state index contributed by atoms with van der Waals surface area (Å²) in [6, 6.07) is 0. The van der Waals surface area contributed by atoms with Crippen molar-refractivity contribution in [2.75, 3.05) is 96.6 Å². The molecule has 0 bridgehead atoms. The quantitative estimate of drug-likeness (QED) is 0.0201. The lowest BCUT2D eigenvalue weighted by Crippen LogP contribution is -2.47. The van der Waals surface area contributed by atoms with Gasteiger partial charge in [-0.15, -0.1) is 0 Å². The molecule has 582 valence electrons. The van der Waals surface area contributed by atoms with E-state index in [2.05, 4.69) is 145 Å². The molecule has 4 N–H and O–H groups in total. The maximum Gasteiger partial charge on any atom is 0.305 e. The van der Waals surface area contributed by atoms with E-state index in [1.807, 2.05) is 21.6 Å². The Morgan fingerprint density at radius 3 is 1.02 bits per heavy atom. The second-order valence-electron chi connectivity index (χ2n) is 29.1. The largest absolute Gasteiger partial charge is 0.464 e. The topological polar surface area (TPSA) is 120 Å². The number of esters is 1. The first-order valence-electron chi connectivity index (χ1n) is 42.4. The Bertz CT molecular complexity index is 1850. The Morgan fingerprint density at radius 1 is 0.350 bits per heavy atom. The second-order valence-corrected chi connectivity index (χ2v) is 31.8. The van der Waals surface area contributed by atoms with Crippen LogP contribution in [0.3, 0.4) is 0 Å². The Balaban J connectivity index is 2.47. The summed E-state index contributed by atoms with van der Waals surface area (Å²) in [7, 11) is 3.93. The summed E-state index contributed by atoms with van der Waals surface area (Å²) >= 11 is 0. The highest BCUT2D eigenvalue weighted by molar-refractivity contribution is 8.76. The Morgan fingerprint density at radius 2 is 0.650 bits per heavy atom. The van der Waals surface area contributed by atoms with Crippen molar-refractivity contribution in [1.82, 2.24) is 19.6 Å². The first-order chi connectivity index (χ1) is 49.2. The Kier molecular flexibility index (Phi) is 74.6. The molecular formula is C88H162N4O6S2. The normalized spacial score (nSPS) is 15.1. The minimum Gasteiger partial charge on any atom is -0.464 e. The van der Waals surface area contributed by atoms with Crippen LogP contribution in [0, 0.1) is 0 Å². The Labute approximate surface area is 627 Å². The van der Waals surface area contributed by atoms with Gasteiger partial charge in [0.25, 0.3) is 0 Å². The molecule has 0 aromatic carbocycles. The average Bonchev–Trinajstić information content (AvgIpc) is 1.79. The van der Waals surface area contributed by atoms with Gasteiger partial charge in [0, 0.05) is 83.4 Å². The number of hydrogen-bond donors (Lipinski definition) is 4. The molecule has 0 amide bonds. The third kappa shape index (κ3) is 70.1. The summed E-state index contributed by atoms with van der Waals surface area (Å²) in [5, 5.41) is 44.8. The van der Waals surface area contributed by atoms with Gasteiger partial charge in [0.1, 0.15) is 6.61 Å². The molecule has 0 aliphatic carbocycles. The molecule has 1 fully saturated rings. The molecule has 0 unspecified atom stereocenters. The van der Waals surface area contributed by atoms with Gasteiger partial charge in [0.2, 0.25) is 0 Å². The van der Waals surface area contributed by atoms with Crippen LogP contribution in [0.1, 0.15) is 336 Å². The van der Waals surface area contributed by atoms with E-state index < -0.39 is 12.2 Å². The van der Waals surface area contributed by atoms with Crippen molar-refractivity contribution >= 4 is 27.6 Å². The van der Waals surface area contributed by atoms with Crippen molar-refractivity contribution in [3.8, 4) is 0 Å². The highest BCUT2D eigenvalue weighted by Gasteiger charge is 2.20. The molecule has 1 aliphatic heterocycles. The van der Waals surface area contributed by atoms with E-state index >= 15 is 0 Å². The number of carbonyl (C=O) groups is 1. The number of aliphatic hydroxyl groups excluding tert-OH is 4. The minimum absolute atomic E-state index is 0.123. The van der Waals surface area contributed by atoms with Gasteiger partial charge in [-0.25, -0.2) is 0 Å². The van der Waals surface area contributed by atoms with Gasteiger partial charge in [-0.1, -0.05) is 288 Å². The molecule has 1 rings (SSSR count). The van der Waals surface area contributed by atoms with Crippen molar-refractivity contribution in [2.45, 2.75) is 360 Å². The number of carbonyl (C=O) groups excluding carboxylic acids is 1. The van der Waals surface area contributed by atoms with Crippen molar-refractivity contribution in [3.63, 3.8) is 0 Å². The van der Waals surface area contributed by atoms with Crippen LogP contribution in [0.15, 0.2) is 97.2 Å². The summed E-state index contributed by atoms with van der Waals surface area (Å²) in [6.07, 6.45) is 89.3. The zero-order chi connectivity index (χ0) is 72.2. The van der Waals surface area contributed by atoms with Crippen LogP contribution in [-0.4, -0.2) is 167 Å². The molecule has 10 nitrogen and oxygen atoms in total. The zero-order valence-electron chi connectivity index (χ0n) is 65.8. The van der Waals surface area contributed by atoms with Crippen LogP contribution < -0.4 is 0 Å². The molecule has 0 saturated carbocycles. The van der Waals surface area contributed by atoms with Crippen LogP contribution in [-0.2, 0) is 9.53 Å². The number of allylic oxidation sites excluding steroid dienone is 16. The van der Waals surface area contributed by atoms with Crippen molar-refractivity contribution in [1.29, 1.82) is 0 Å². The monoisotopic (exact) mass is 1440 g/mol. The number of ether oxygens (including phenoxy) is 1. The molecule has 4 atom stereocenters. The van der Waals surface area contributed by atoms with E-state index in [1.54, 1.807) is 0 Å². The van der Waals surface area contributed by atoms with Gasteiger partial charge in [-0.05, 0) is 174 Å². The maximum atomic E-state index is 12.9. The molecule has 1 saturated heterocycles. The average molecular weight is 1440 g/mol. The maximum absolute atomic E-state index is 12.9. The standard InChI is InChI=1S/C88H162N4O6S2/c1-5-9-13-17-21-25-29-33-37-41-45-49-53-57-64-84(93)80-91(81-85(94)65-58-54-50-46-42-38-34-30-26-22-18-14-10-6-2)69-62-61-68-88(97)98-77-75-89-71-73-90(74-72-89)76-79-100-99-78-63-70-92(82-86(95)66-59-55-51-47-43-39-35-31-27-23-19-15-11-7-3)83-87(96)67-60-56-52-48-44-40-36-32-28-24-20-16-12-8-4/h11-12,15-16,23-24,27-28,33-40,84-87,93-96H,5-10,13-14,17-22,25-26,29-32,41-83H2,1-4H3/b15-11-,16-12-,27-23-,28-24-,37-33-,38-34-,39-35-,40-36-/t84-,85-,86+,87+/m1/s1. The molecule has 1 aliphatic rings. The molecule has 0 radical (unpaired) electrons. The molecule has 1 heterocycles. The van der Waals surface area contributed by atoms with Gasteiger partial charge in [0.15, 0.2) is 0 Å². The molecule has 0 aromatic heterocycles. The van der Waals surface area contributed by atoms with E-state index in [0.29, 0.717) is 39.2 Å². The van der Waals surface area contributed by atoms with Crippen molar-refractivity contribution < 1.29 is 30.0 Å². The summed E-state index contributed by atoms with van der Waals surface area (Å²) in [5.41, 5.74) is 0. The fraction of sp³-hybridized carbons (Fsp3) is 0.807. The molecule has 12 heteroatoms. The van der Waals surface area contributed by atoms with Crippen LogP contribution in [0.2, 0.25) is 0 Å². The SMILES string of the molecule is CC/C=C\C/C=C\C/C=C\CCCCCC[C@H](O)CN(CCCSSCCN1CCN(CCOC(=O)CCCCN(C[C@H](O)CCCCCC/C=C\CCCCCCCC)C[C@H](O)CCCCCC/C=C\CCCCCCCC)CC1)C[C@@H](O)CCCCCC/C=C\C/C=C\C/C=C\CC. The first-order valence-corrected chi connectivity index (χ1v) is 44.9. The highest BCUT2D eigenvalue weighted by atomic mass is 33.1. The van der Waals surface area contributed by atoms with Gasteiger partial charge in [-0.3, -0.25) is 24.4 Å². The van der Waals surface area contributed by atoms with E-state index in [4.69, 9.17) is 4.74 Å². The fourth-order valence-corrected chi connectivity index (χ4v) is 15.2. The zero-order valence-corrected chi connectivity index (χ0v) is 67.4. The van der Waals surface area contributed by atoms with Crippen molar-refractivity contribution in [3.05, 3.63) is 97.2 Å². The number of aliphatic hydroxyl groups is 4. The lowest BCUT2D eigenvalue weighted by atomic mass is 10.1. The molecule has 100 heavy (non-hydrogen) atoms. The van der Waals surface area contributed by atoms with Crippen LogP contribution >= 0.6 is 21.6 Å². The number of hydrogen-bond acceptors (Lipinski definition) is 12. The van der Waals surface area contributed by atoms with Crippen molar-refractivity contribution in [2.24, 2.45) is 0 Å². The van der Waals surface area contributed by atoms with Gasteiger partial charge in [-0.2, -0.15) is 0 Å².